The molecule has 0 aromatic rings. The molecule has 11 heavy (non-hydrogen) atoms. The van der Waals surface area contributed by atoms with Gasteiger partial charge in [0, 0.05) is 24.4 Å². The quantitative estimate of drug-likeness (QED) is 0.479. The van der Waals surface area contributed by atoms with Crippen molar-refractivity contribution in [2.75, 3.05) is 6.61 Å². The van der Waals surface area contributed by atoms with Gasteiger partial charge in [0.15, 0.2) is 0 Å². The molecule has 0 aromatic carbocycles. The lowest BCUT2D eigenvalue weighted by atomic mass is 9.87. The van der Waals surface area contributed by atoms with Gasteiger partial charge in [-0.05, 0) is 18.8 Å². The maximum absolute atomic E-state index is 10.3. The lowest BCUT2D eigenvalue weighted by Crippen LogP contribution is -2.27. The Bertz CT molecular complexity index is 141. The molecule has 0 aliphatic heterocycles. The van der Waals surface area contributed by atoms with Crippen molar-refractivity contribution in [3.8, 4) is 0 Å². The summed E-state index contributed by atoms with van der Waals surface area (Å²) >= 11 is 0. The highest BCUT2D eigenvalue weighted by Gasteiger charge is 2.27. The Hall–Kier alpha value is -0.640. The molecule has 4 heteroatoms. The molecule has 1 saturated carbocycles. The predicted octanol–water partition coefficient (Wildman–Crippen LogP) is 0.814. The molecule has 0 spiro atoms. The van der Waals surface area contributed by atoms with Crippen LogP contribution in [0.1, 0.15) is 25.7 Å². The highest BCUT2D eigenvalue weighted by molar-refractivity contribution is 4.71. The van der Waals surface area contributed by atoms with Crippen LogP contribution >= 0.6 is 0 Å². The first-order valence-corrected chi connectivity index (χ1v) is 3.98. The first-order valence-electron chi connectivity index (χ1n) is 3.98. The van der Waals surface area contributed by atoms with Crippen molar-refractivity contribution in [3.05, 3.63) is 10.1 Å². The summed E-state index contributed by atoms with van der Waals surface area (Å²) in [4.78, 5) is 10.1. The summed E-state index contributed by atoms with van der Waals surface area (Å²) < 4.78 is 0. The molecule has 1 aliphatic carbocycles. The van der Waals surface area contributed by atoms with E-state index in [0.717, 1.165) is 12.8 Å². The van der Waals surface area contributed by atoms with Crippen LogP contribution in [-0.4, -0.2) is 22.7 Å². The van der Waals surface area contributed by atoms with Crippen molar-refractivity contribution >= 4 is 0 Å². The third kappa shape index (κ3) is 2.15. The molecule has 0 aromatic heterocycles. The molecule has 1 rings (SSSR count). The van der Waals surface area contributed by atoms with Crippen LogP contribution in [0, 0.1) is 16.0 Å². The van der Waals surface area contributed by atoms with E-state index >= 15 is 0 Å². The Kier molecular flexibility index (Phi) is 2.82. The second kappa shape index (κ2) is 3.67. The zero-order valence-corrected chi connectivity index (χ0v) is 6.40. The zero-order chi connectivity index (χ0) is 8.27. The van der Waals surface area contributed by atoms with Gasteiger partial charge >= 0.3 is 0 Å². The van der Waals surface area contributed by atoms with Gasteiger partial charge in [-0.2, -0.15) is 0 Å². The highest BCUT2D eigenvalue weighted by atomic mass is 16.6. The summed E-state index contributed by atoms with van der Waals surface area (Å²) in [6.45, 7) is 0.185. The van der Waals surface area contributed by atoms with E-state index in [-0.39, 0.29) is 17.6 Å². The van der Waals surface area contributed by atoms with E-state index in [4.69, 9.17) is 5.11 Å². The normalized spacial score (nSPS) is 31.7. The van der Waals surface area contributed by atoms with Crippen molar-refractivity contribution in [2.24, 2.45) is 5.92 Å². The summed E-state index contributed by atoms with van der Waals surface area (Å²) in [7, 11) is 0. The van der Waals surface area contributed by atoms with E-state index in [2.05, 4.69) is 0 Å². The van der Waals surface area contributed by atoms with Crippen LogP contribution in [0.5, 0.6) is 0 Å². The second-order valence-electron chi connectivity index (χ2n) is 3.14. The van der Waals surface area contributed by atoms with Gasteiger partial charge in [0.2, 0.25) is 6.04 Å². The van der Waals surface area contributed by atoms with Crippen LogP contribution in [0.2, 0.25) is 0 Å². The third-order valence-corrected chi connectivity index (χ3v) is 2.37. The van der Waals surface area contributed by atoms with Crippen molar-refractivity contribution in [1.82, 2.24) is 0 Å². The Morgan fingerprint density at radius 1 is 1.36 bits per heavy atom. The number of aliphatic hydroxyl groups excluding tert-OH is 1. The van der Waals surface area contributed by atoms with Gasteiger partial charge < -0.3 is 5.11 Å². The van der Waals surface area contributed by atoms with Crippen LogP contribution in [0.3, 0.4) is 0 Å². The van der Waals surface area contributed by atoms with Gasteiger partial charge in [-0.3, -0.25) is 10.1 Å². The molecule has 0 radical (unpaired) electrons. The number of rotatable bonds is 2. The number of aliphatic hydroxyl groups is 1. The summed E-state index contributed by atoms with van der Waals surface area (Å²) in [6, 6.07) is -0.349. The van der Waals surface area contributed by atoms with Crippen molar-refractivity contribution in [3.63, 3.8) is 0 Å². The third-order valence-electron chi connectivity index (χ3n) is 2.37. The molecule has 0 bridgehead atoms. The van der Waals surface area contributed by atoms with Crippen LogP contribution in [0.15, 0.2) is 0 Å². The van der Waals surface area contributed by atoms with Gasteiger partial charge in [-0.1, -0.05) is 0 Å². The van der Waals surface area contributed by atoms with Crippen molar-refractivity contribution in [1.29, 1.82) is 0 Å². The van der Waals surface area contributed by atoms with Gasteiger partial charge in [-0.25, -0.2) is 0 Å². The van der Waals surface area contributed by atoms with E-state index in [9.17, 15) is 10.1 Å². The van der Waals surface area contributed by atoms with E-state index in [0.29, 0.717) is 18.8 Å². The monoisotopic (exact) mass is 159 g/mol. The molecule has 1 N–H and O–H groups in total. The number of hydrogen-bond acceptors (Lipinski definition) is 3. The molecular formula is C7H13NO3. The fraction of sp³-hybridized carbons (Fsp3) is 1.00. The Balaban J connectivity index is 2.30. The first kappa shape index (κ1) is 8.46. The molecule has 0 unspecified atom stereocenters. The van der Waals surface area contributed by atoms with Crippen molar-refractivity contribution in [2.45, 2.75) is 31.7 Å². The maximum Gasteiger partial charge on any atom is 0.213 e. The summed E-state index contributed by atoms with van der Waals surface area (Å²) in [5, 5.41) is 19.0. The average Bonchev–Trinajstić information content (AvgIpc) is 2.05. The van der Waals surface area contributed by atoms with Gasteiger partial charge in [0.25, 0.3) is 0 Å². The van der Waals surface area contributed by atoms with Crippen LogP contribution in [0.25, 0.3) is 0 Å². The summed E-state index contributed by atoms with van der Waals surface area (Å²) in [6.07, 6.45) is 2.89. The molecule has 0 atom stereocenters. The van der Waals surface area contributed by atoms with Gasteiger partial charge in [-0.15, -0.1) is 0 Å². The van der Waals surface area contributed by atoms with Crippen molar-refractivity contribution < 1.29 is 10.0 Å². The summed E-state index contributed by atoms with van der Waals surface area (Å²) in [5.41, 5.74) is 0. The number of nitrogens with zero attached hydrogens (tertiary/aromatic N) is 1. The number of nitro groups is 1. The van der Waals surface area contributed by atoms with E-state index in [1.807, 2.05) is 0 Å². The highest BCUT2D eigenvalue weighted by Crippen LogP contribution is 2.24. The minimum atomic E-state index is -0.349. The minimum absolute atomic E-state index is 0.185. The smallest absolute Gasteiger partial charge is 0.213 e. The molecule has 0 amide bonds. The Morgan fingerprint density at radius 3 is 2.27 bits per heavy atom. The molecule has 0 heterocycles. The average molecular weight is 159 g/mol. The van der Waals surface area contributed by atoms with E-state index in [1.54, 1.807) is 0 Å². The topological polar surface area (TPSA) is 63.4 Å². The zero-order valence-electron chi connectivity index (χ0n) is 6.40. The molecule has 1 fully saturated rings. The predicted molar refractivity (Wildman–Crippen MR) is 39.8 cm³/mol. The van der Waals surface area contributed by atoms with Crippen LogP contribution in [0.4, 0.5) is 0 Å². The Morgan fingerprint density at radius 2 is 1.91 bits per heavy atom. The molecule has 0 saturated heterocycles. The van der Waals surface area contributed by atoms with E-state index < -0.39 is 0 Å². The Labute approximate surface area is 65.4 Å². The molecular weight excluding hydrogens is 146 g/mol. The first-order chi connectivity index (χ1) is 5.24. The lowest BCUT2D eigenvalue weighted by Gasteiger charge is -2.21. The second-order valence-corrected chi connectivity index (χ2v) is 3.14. The standard InChI is InChI=1S/C7H13NO3/c9-5-6-1-3-7(4-2-6)8(10)11/h6-7,9H,1-5H2. The molecule has 1 aliphatic rings. The maximum atomic E-state index is 10.3. The molecule has 64 valence electrons. The SMILES string of the molecule is O=[N+]([O-])C1CCC(CO)CC1. The van der Waals surface area contributed by atoms with Gasteiger partial charge in [0.1, 0.15) is 0 Å². The fourth-order valence-corrected chi connectivity index (χ4v) is 1.54. The molecule has 4 nitrogen and oxygen atoms in total. The van der Waals surface area contributed by atoms with E-state index in [1.165, 1.54) is 0 Å². The van der Waals surface area contributed by atoms with Gasteiger partial charge in [0.05, 0.1) is 0 Å². The number of hydrogen-bond donors (Lipinski definition) is 1. The lowest BCUT2D eigenvalue weighted by molar-refractivity contribution is -0.527. The van der Waals surface area contributed by atoms with Crippen LogP contribution in [-0.2, 0) is 0 Å². The largest absolute Gasteiger partial charge is 0.396 e. The summed E-state index contributed by atoms with van der Waals surface area (Å²) in [5.74, 6) is 0.311. The van der Waals surface area contributed by atoms with Crippen LogP contribution < -0.4 is 0 Å². The fourth-order valence-electron chi connectivity index (χ4n) is 1.54. The minimum Gasteiger partial charge on any atom is -0.396 e.